The molecule has 0 saturated carbocycles. The number of rotatable bonds is 2. The first kappa shape index (κ1) is 11.4. The zero-order valence-electron chi connectivity index (χ0n) is 10.1. The smallest absolute Gasteiger partial charge is 0.291 e. The third-order valence-electron chi connectivity index (χ3n) is 2.54. The van der Waals surface area contributed by atoms with E-state index in [1.165, 1.54) is 0 Å². The summed E-state index contributed by atoms with van der Waals surface area (Å²) >= 11 is 0. The molecule has 17 heavy (non-hydrogen) atoms. The molecular formula is C13H14N2O2. The monoisotopic (exact) mass is 230 g/mol. The second-order valence-corrected chi connectivity index (χ2v) is 3.99. The molecule has 0 aliphatic carbocycles. The average Bonchev–Trinajstić information content (AvgIpc) is 2.59. The third-order valence-corrected chi connectivity index (χ3v) is 2.54. The molecule has 0 atom stereocenters. The van der Waals surface area contributed by atoms with E-state index in [-0.39, 0.29) is 5.91 Å². The number of carbonyl (C=O) groups is 1. The lowest BCUT2D eigenvalue weighted by Crippen LogP contribution is -2.11. The third kappa shape index (κ3) is 2.53. The zero-order valence-corrected chi connectivity index (χ0v) is 10.1. The topological polar surface area (TPSA) is 55.1 Å². The summed E-state index contributed by atoms with van der Waals surface area (Å²) in [5, 5.41) is 2.77. The molecule has 0 radical (unpaired) electrons. The van der Waals surface area contributed by atoms with Gasteiger partial charge in [0.2, 0.25) is 0 Å². The van der Waals surface area contributed by atoms with Crippen molar-refractivity contribution in [1.82, 2.24) is 4.98 Å². The number of furan rings is 1. The molecule has 2 aromatic heterocycles. The van der Waals surface area contributed by atoms with E-state index in [0.29, 0.717) is 11.4 Å². The number of hydrogen-bond acceptors (Lipinski definition) is 3. The first-order valence-electron chi connectivity index (χ1n) is 5.37. The molecule has 0 spiro atoms. The Labute approximate surface area is 99.7 Å². The normalized spacial score (nSPS) is 10.3. The van der Waals surface area contributed by atoms with Crippen LogP contribution in [0.5, 0.6) is 0 Å². The molecule has 4 heteroatoms. The van der Waals surface area contributed by atoms with E-state index in [9.17, 15) is 4.79 Å². The Morgan fingerprint density at radius 1 is 1.29 bits per heavy atom. The number of anilines is 1. The molecule has 0 fully saturated rings. The van der Waals surface area contributed by atoms with Crippen LogP contribution in [0.1, 0.15) is 27.6 Å². The van der Waals surface area contributed by atoms with Gasteiger partial charge in [-0.3, -0.25) is 9.78 Å². The largest absolute Gasteiger partial charge is 0.456 e. The van der Waals surface area contributed by atoms with Crippen LogP contribution in [-0.2, 0) is 0 Å². The van der Waals surface area contributed by atoms with Crippen molar-refractivity contribution in [2.75, 3.05) is 5.32 Å². The summed E-state index contributed by atoms with van der Waals surface area (Å²) in [7, 11) is 0. The van der Waals surface area contributed by atoms with Crippen LogP contribution in [-0.4, -0.2) is 10.9 Å². The molecule has 0 bridgehead atoms. The van der Waals surface area contributed by atoms with Crippen LogP contribution in [0.15, 0.2) is 28.8 Å². The van der Waals surface area contributed by atoms with Crippen LogP contribution in [0.25, 0.3) is 0 Å². The first-order chi connectivity index (χ1) is 8.06. The van der Waals surface area contributed by atoms with Crippen LogP contribution in [0.3, 0.4) is 0 Å². The first-order valence-corrected chi connectivity index (χ1v) is 5.37. The summed E-state index contributed by atoms with van der Waals surface area (Å²) in [6.07, 6.45) is 1.66. The quantitative estimate of drug-likeness (QED) is 0.863. The Bertz CT molecular complexity index is 539. The van der Waals surface area contributed by atoms with Crippen molar-refractivity contribution in [3.8, 4) is 0 Å². The molecule has 1 N–H and O–H groups in total. The van der Waals surface area contributed by atoms with Crippen LogP contribution in [0.4, 0.5) is 5.69 Å². The van der Waals surface area contributed by atoms with E-state index in [1.54, 1.807) is 24.4 Å². The van der Waals surface area contributed by atoms with Gasteiger partial charge in [0, 0.05) is 17.6 Å². The van der Waals surface area contributed by atoms with Crippen molar-refractivity contribution in [3.05, 3.63) is 47.2 Å². The molecule has 0 unspecified atom stereocenters. The Kier molecular flexibility index (Phi) is 2.95. The number of hydrogen-bond donors (Lipinski definition) is 1. The molecular weight excluding hydrogens is 216 g/mol. The minimum atomic E-state index is -0.244. The Balaban J connectivity index is 2.17. The zero-order chi connectivity index (χ0) is 12.4. The number of pyridine rings is 1. The van der Waals surface area contributed by atoms with E-state index in [1.807, 2.05) is 20.8 Å². The summed E-state index contributed by atoms with van der Waals surface area (Å²) < 4.78 is 5.35. The van der Waals surface area contributed by atoms with Crippen LogP contribution in [0, 0.1) is 20.8 Å². The van der Waals surface area contributed by atoms with Crippen molar-refractivity contribution in [2.45, 2.75) is 20.8 Å². The van der Waals surface area contributed by atoms with Gasteiger partial charge < -0.3 is 9.73 Å². The van der Waals surface area contributed by atoms with Crippen LogP contribution in [0.2, 0.25) is 0 Å². The molecule has 2 aromatic rings. The summed E-state index contributed by atoms with van der Waals surface area (Å²) in [4.78, 5) is 15.9. The highest BCUT2D eigenvalue weighted by Gasteiger charge is 2.12. The van der Waals surface area contributed by atoms with Crippen molar-refractivity contribution < 1.29 is 9.21 Å². The molecule has 0 saturated heterocycles. The molecule has 0 aliphatic heterocycles. The standard InChI is InChI=1S/C13H14N2O2/c1-8-6-12(17-10(8)3)13(16)15-11-4-5-14-9(2)7-11/h4-7H,1-3H3,(H,14,15,16). The minimum absolute atomic E-state index is 0.244. The van der Waals surface area contributed by atoms with E-state index in [2.05, 4.69) is 10.3 Å². The molecule has 88 valence electrons. The number of aryl methyl sites for hydroxylation is 3. The highest BCUT2D eigenvalue weighted by Crippen LogP contribution is 2.15. The molecule has 0 aromatic carbocycles. The van der Waals surface area contributed by atoms with E-state index in [0.717, 1.165) is 17.0 Å². The predicted octanol–water partition coefficient (Wildman–Crippen LogP) is 2.85. The predicted molar refractivity (Wildman–Crippen MR) is 65.1 cm³/mol. The van der Waals surface area contributed by atoms with Gasteiger partial charge >= 0.3 is 0 Å². The molecule has 1 amide bonds. The Morgan fingerprint density at radius 3 is 2.65 bits per heavy atom. The van der Waals surface area contributed by atoms with Gasteiger partial charge in [0.25, 0.3) is 5.91 Å². The maximum Gasteiger partial charge on any atom is 0.291 e. The van der Waals surface area contributed by atoms with Gasteiger partial charge in [-0.2, -0.15) is 0 Å². The summed E-state index contributed by atoms with van der Waals surface area (Å²) in [6.45, 7) is 5.62. The highest BCUT2D eigenvalue weighted by molar-refractivity contribution is 6.02. The maximum absolute atomic E-state index is 11.9. The number of carbonyl (C=O) groups excluding carboxylic acids is 1. The van der Waals surface area contributed by atoms with Gasteiger partial charge in [-0.25, -0.2) is 0 Å². The lowest BCUT2D eigenvalue weighted by molar-refractivity contribution is 0.0995. The van der Waals surface area contributed by atoms with Gasteiger partial charge in [-0.15, -0.1) is 0 Å². The lowest BCUT2D eigenvalue weighted by atomic mass is 10.2. The molecule has 4 nitrogen and oxygen atoms in total. The summed E-state index contributed by atoms with van der Waals surface area (Å²) in [5.41, 5.74) is 2.55. The van der Waals surface area contributed by atoms with Crippen molar-refractivity contribution in [2.24, 2.45) is 0 Å². The number of amides is 1. The second kappa shape index (κ2) is 4.41. The van der Waals surface area contributed by atoms with E-state index < -0.39 is 0 Å². The highest BCUT2D eigenvalue weighted by atomic mass is 16.3. The fraction of sp³-hybridized carbons (Fsp3) is 0.231. The molecule has 2 rings (SSSR count). The second-order valence-electron chi connectivity index (χ2n) is 3.99. The number of nitrogens with one attached hydrogen (secondary N) is 1. The Morgan fingerprint density at radius 2 is 2.06 bits per heavy atom. The fourth-order valence-corrected chi connectivity index (χ4v) is 1.50. The van der Waals surface area contributed by atoms with E-state index in [4.69, 9.17) is 4.42 Å². The van der Waals surface area contributed by atoms with Gasteiger partial charge in [-0.1, -0.05) is 0 Å². The van der Waals surface area contributed by atoms with Gasteiger partial charge in [0.1, 0.15) is 5.76 Å². The van der Waals surface area contributed by atoms with Gasteiger partial charge in [-0.05, 0) is 44.5 Å². The van der Waals surface area contributed by atoms with Gasteiger partial charge in [0.05, 0.1) is 0 Å². The maximum atomic E-state index is 11.9. The summed E-state index contributed by atoms with van der Waals surface area (Å²) in [6, 6.07) is 5.28. The molecule has 0 aliphatic rings. The molecule has 2 heterocycles. The van der Waals surface area contributed by atoms with Crippen LogP contribution >= 0.6 is 0 Å². The van der Waals surface area contributed by atoms with Crippen LogP contribution < -0.4 is 5.32 Å². The van der Waals surface area contributed by atoms with Crippen molar-refractivity contribution in [3.63, 3.8) is 0 Å². The minimum Gasteiger partial charge on any atom is -0.456 e. The fourth-order valence-electron chi connectivity index (χ4n) is 1.50. The number of aromatic nitrogens is 1. The summed E-state index contributed by atoms with van der Waals surface area (Å²) in [5.74, 6) is 0.849. The van der Waals surface area contributed by atoms with Crippen molar-refractivity contribution >= 4 is 11.6 Å². The number of nitrogens with zero attached hydrogens (tertiary/aromatic N) is 1. The van der Waals surface area contributed by atoms with Crippen molar-refractivity contribution in [1.29, 1.82) is 0 Å². The SMILES string of the molecule is Cc1cc(NC(=O)c2cc(C)c(C)o2)ccn1. The van der Waals surface area contributed by atoms with E-state index >= 15 is 0 Å². The lowest BCUT2D eigenvalue weighted by Gasteiger charge is -2.03. The average molecular weight is 230 g/mol. The van der Waals surface area contributed by atoms with Gasteiger partial charge in [0.15, 0.2) is 5.76 Å². The Hall–Kier alpha value is -2.10.